The number of aromatic nitrogens is 1. The quantitative estimate of drug-likeness (QED) is 0.363. The standard InChI is InChI=1S/C28H26FN3O4/c1-19-6-8-21(9-7-19)17-32(28(34)22-4-3-5-24(14-22)35-2)18-25-15-26(31-36-25)27(33)30-16-20-10-12-23(29)13-11-20/h3-15H,16-18H2,1-2H3,(H,30,33). The van der Waals surface area contributed by atoms with Gasteiger partial charge in [0.05, 0.1) is 13.7 Å². The third-order valence-corrected chi connectivity index (χ3v) is 5.60. The monoisotopic (exact) mass is 487 g/mol. The van der Waals surface area contributed by atoms with Gasteiger partial charge in [-0.05, 0) is 48.4 Å². The van der Waals surface area contributed by atoms with Crippen molar-refractivity contribution in [2.24, 2.45) is 0 Å². The molecule has 0 fully saturated rings. The van der Waals surface area contributed by atoms with Crippen LogP contribution in [0, 0.1) is 12.7 Å². The Morgan fingerprint density at radius 3 is 2.42 bits per heavy atom. The van der Waals surface area contributed by atoms with Gasteiger partial charge in [0.25, 0.3) is 11.8 Å². The first-order chi connectivity index (χ1) is 17.4. The van der Waals surface area contributed by atoms with Gasteiger partial charge in [0.2, 0.25) is 0 Å². The summed E-state index contributed by atoms with van der Waals surface area (Å²) < 4.78 is 23.7. The number of carbonyl (C=O) groups excluding carboxylic acids is 2. The van der Waals surface area contributed by atoms with Crippen molar-refractivity contribution in [1.29, 1.82) is 0 Å². The molecular weight excluding hydrogens is 461 g/mol. The second-order valence-electron chi connectivity index (χ2n) is 8.37. The molecule has 8 heteroatoms. The lowest BCUT2D eigenvalue weighted by molar-refractivity contribution is 0.0712. The molecule has 1 heterocycles. The highest BCUT2D eigenvalue weighted by atomic mass is 19.1. The van der Waals surface area contributed by atoms with Crippen LogP contribution in [0.15, 0.2) is 83.4 Å². The smallest absolute Gasteiger partial charge is 0.273 e. The molecule has 184 valence electrons. The average molecular weight is 488 g/mol. The number of carbonyl (C=O) groups is 2. The van der Waals surface area contributed by atoms with Gasteiger partial charge >= 0.3 is 0 Å². The summed E-state index contributed by atoms with van der Waals surface area (Å²) in [6.45, 7) is 2.67. The number of rotatable bonds is 9. The van der Waals surface area contributed by atoms with Gasteiger partial charge < -0.3 is 19.5 Å². The van der Waals surface area contributed by atoms with Crippen molar-refractivity contribution in [2.45, 2.75) is 26.6 Å². The maximum Gasteiger partial charge on any atom is 0.273 e. The second kappa shape index (κ2) is 11.3. The van der Waals surface area contributed by atoms with Gasteiger partial charge in [0.1, 0.15) is 11.6 Å². The number of benzene rings is 3. The Balaban J connectivity index is 1.49. The van der Waals surface area contributed by atoms with Gasteiger partial charge in [-0.1, -0.05) is 53.2 Å². The van der Waals surface area contributed by atoms with E-state index in [4.69, 9.17) is 9.26 Å². The minimum absolute atomic E-state index is 0.0937. The summed E-state index contributed by atoms with van der Waals surface area (Å²) >= 11 is 0. The van der Waals surface area contributed by atoms with Crippen LogP contribution in [0.1, 0.15) is 43.3 Å². The first kappa shape index (κ1) is 24.7. The van der Waals surface area contributed by atoms with Crippen LogP contribution in [0.3, 0.4) is 0 Å². The summed E-state index contributed by atoms with van der Waals surface area (Å²) in [6.07, 6.45) is 0. The van der Waals surface area contributed by atoms with E-state index < -0.39 is 5.91 Å². The maximum absolute atomic E-state index is 13.4. The molecule has 36 heavy (non-hydrogen) atoms. The molecule has 0 saturated heterocycles. The van der Waals surface area contributed by atoms with E-state index in [2.05, 4.69) is 10.5 Å². The number of hydrogen-bond donors (Lipinski definition) is 1. The summed E-state index contributed by atoms with van der Waals surface area (Å²) in [5, 5.41) is 6.60. The Hall–Kier alpha value is -4.46. The largest absolute Gasteiger partial charge is 0.497 e. The fourth-order valence-electron chi connectivity index (χ4n) is 3.61. The van der Waals surface area contributed by atoms with Crippen LogP contribution >= 0.6 is 0 Å². The lowest BCUT2D eigenvalue weighted by Crippen LogP contribution is -2.30. The van der Waals surface area contributed by atoms with Crippen LogP contribution < -0.4 is 10.1 Å². The van der Waals surface area contributed by atoms with Crippen molar-refractivity contribution < 1.29 is 23.2 Å². The fourth-order valence-corrected chi connectivity index (χ4v) is 3.61. The van der Waals surface area contributed by atoms with Crippen molar-refractivity contribution in [3.63, 3.8) is 0 Å². The summed E-state index contributed by atoms with van der Waals surface area (Å²) in [7, 11) is 1.55. The van der Waals surface area contributed by atoms with E-state index in [1.54, 1.807) is 48.4 Å². The van der Waals surface area contributed by atoms with Crippen LogP contribution in [0.5, 0.6) is 5.75 Å². The highest BCUT2D eigenvalue weighted by Gasteiger charge is 2.21. The van der Waals surface area contributed by atoms with E-state index in [9.17, 15) is 14.0 Å². The summed E-state index contributed by atoms with van der Waals surface area (Å²) in [5.41, 5.74) is 3.39. The number of hydrogen-bond acceptors (Lipinski definition) is 5. The van der Waals surface area contributed by atoms with E-state index in [1.165, 1.54) is 18.2 Å². The van der Waals surface area contributed by atoms with Crippen LogP contribution in [-0.4, -0.2) is 29.0 Å². The molecule has 0 saturated carbocycles. The zero-order chi connectivity index (χ0) is 25.5. The summed E-state index contributed by atoms with van der Waals surface area (Å²) in [5.74, 6) is -0.0437. The van der Waals surface area contributed by atoms with Crippen LogP contribution in [0.4, 0.5) is 4.39 Å². The van der Waals surface area contributed by atoms with Gasteiger partial charge in [-0.3, -0.25) is 9.59 Å². The number of nitrogens with one attached hydrogen (secondary N) is 1. The molecule has 1 N–H and O–H groups in total. The molecule has 0 atom stereocenters. The van der Waals surface area contributed by atoms with Crippen molar-refractivity contribution in [2.75, 3.05) is 7.11 Å². The number of ether oxygens (including phenoxy) is 1. The van der Waals surface area contributed by atoms with Crippen molar-refractivity contribution >= 4 is 11.8 Å². The molecule has 0 bridgehead atoms. The molecule has 4 aromatic rings. The predicted molar refractivity (Wildman–Crippen MR) is 132 cm³/mol. The third kappa shape index (κ3) is 6.35. The first-order valence-electron chi connectivity index (χ1n) is 11.4. The van der Waals surface area contributed by atoms with E-state index in [0.29, 0.717) is 23.6 Å². The Morgan fingerprint density at radius 2 is 1.69 bits per heavy atom. The number of nitrogens with zero attached hydrogens (tertiary/aromatic N) is 2. The normalized spacial score (nSPS) is 10.6. The maximum atomic E-state index is 13.4. The lowest BCUT2D eigenvalue weighted by atomic mass is 10.1. The van der Waals surface area contributed by atoms with E-state index >= 15 is 0 Å². The summed E-state index contributed by atoms with van der Waals surface area (Å²) in [4.78, 5) is 27.6. The SMILES string of the molecule is COc1cccc(C(=O)N(Cc2ccc(C)cc2)Cc2cc(C(=O)NCc3ccc(F)cc3)no2)c1. The molecule has 3 aromatic carbocycles. The Kier molecular flexibility index (Phi) is 7.75. The molecule has 0 unspecified atom stereocenters. The van der Waals surface area contributed by atoms with Gasteiger partial charge in [-0.2, -0.15) is 0 Å². The molecule has 0 aliphatic rings. The van der Waals surface area contributed by atoms with Gasteiger partial charge in [0, 0.05) is 24.7 Å². The highest BCUT2D eigenvalue weighted by molar-refractivity contribution is 5.94. The van der Waals surface area contributed by atoms with Gasteiger partial charge in [-0.25, -0.2) is 4.39 Å². The van der Waals surface area contributed by atoms with E-state index in [0.717, 1.165) is 16.7 Å². The Labute approximate surface area is 208 Å². The molecule has 0 spiro atoms. The Bertz CT molecular complexity index is 1330. The van der Waals surface area contributed by atoms with Gasteiger partial charge in [-0.15, -0.1) is 0 Å². The molecular formula is C28H26FN3O4. The highest BCUT2D eigenvalue weighted by Crippen LogP contribution is 2.19. The second-order valence-corrected chi connectivity index (χ2v) is 8.37. The number of halogens is 1. The molecule has 0 aliphatic heterocycles. The van der Waals surface area contributed by atoms with Crippen LogP contribution in [-0.2, 0) is 19.6 Å². The third-order valence-electron chi connectivity index (χ3n) is 5.60. The molecule has 0 aliphatic carbocycles. The molecule has 0 radical (unpaired) electrons. The number of aryl methyl sites for hydroxylation is 1. The molecule has 7 nitrogen and oxygen atoms in total. The van der Waals surface area contributed by atoms with E-state index in [1.807, 2.05) is 31.2 Å². The van der Waals surface area contributed by atoms with E-state index in [-0.39, 0.29) is 30.5 Å². The minimum Gasteiger partial charge on any atom is -0.497 e. The average Bonchev–Trinajstić information content (AvgIpc) is 3.37. The van der Waals surface area contributed by atoms with Gasteiger partial charge in [0.15, 0.2) is 11.5 Å². The predicted octanol–water partition coefficient (Wildman–Crippen LogP) is 4.90. The summed E-state index contributed by atoms with van der Waals surface area (Å²) in [6, 6.07) is 22.2. The fraction of sp³-hybridized carbons (Fsp3) is 0.179. The zero-order valence-corrected chi connectivity index (χ0v) is 20.0. The van der Waals surface area contributed by atoms with Crippen molar-refractivity contribution in [1.82, 2.24) is 15.4 Å². The topological polar surface area (TPSA) is 84.7 Å². The lowest BCUT2D eigenvalue weighted by Gasteiger charge is -2.22. The number of methoxy groups -OCH3 is 1. The van der Waals surface area contributed by atoms with Crippen molar-refractivity contribution in [3.8, 4) is 5.75 Å². The minimum atomic E-state index is -0.432. The van der Waals surface area contributed by atoms with Crippen LogP contribution in [0.2, 0.25) is 0 Å². The number of amides is 2. The molecule has 1 aromatic heterocycles. The zero-order valence-electron chi connectivity index (χ0n) is 20.0. The molecule has 4 rings (SSSR count). The van der Waals surface area contributed by atoms with Crippen LogP contribution in [0.25, 0.3) is 0 Å². The van der Waals surface area contributed by atoms with Crippen molar-refractivity contribution in [3.05, 3.63) is 118 Å². The molecule has 2 amide bonds. The Morgan fingerprint density at radius 1 is 0.972 bits per heavy atom. The first-order valence-corrected chi connectivity index (χ1v) is 11.4.